The third-order valence-corrected chi connectivity index (χ3v) is 8.26. The minimum atomic E-state index is -1.12. The van der Waals surface area contributed by atoms with Crippen LogP contribution < -0.4 is 4.74 Å². The lowest BCUT2D eigenvalue weighted by Gasteiger charge is -2.36. The van der Waals surface area contributed by atoms with E-state index in [0.717, 1.165) is 49.8 Å². The number of hydrogen-bond donors (Lipinski definition) is 2. The number of benzene rings is 1. The third kappa shape index (κ3) is 5.63. The molecule has 0 unspecified atom stereocenters. The molecular weight excluding hydrogens is 496 g/mol. The van der Waals surface area contributed by atoms with E-state index in [2.05, 4.69) is 5.10 Å². The van der Waals surface area contributed by atoms with Crippen molar-refractivity contribution in [2.75, 3.05) is 32.8 Å². The van der Waals surface area contributed by atoms with Gasteiger partial charge in [-0.3, -0.25) is 14.3 Å². The van der Waals surface area contributed by atoms with E-state index in [1.165, 1.54) is 0 Å². The predicted molar refractivity (Wildman–Crippen MR) is 138 cm³/mol. The van der Waals surface area contributed by atoms with E-state index < -0.39 is 5.60 Å². The number of hydrogen-bond acceptors (Lipinski definition) is 6. The minimum Gasteiger partial charge on any atom is -0.489 e. The molecule has 2 N–H and O–H groups in total. The Hall–Kier alpha value is -2.62. The Morgan fingerprint density at radius 2 is 1.76 bits per heavy atom. The first kappa shape index (κ1) is 26.0. The molecule has 37 heavy (non-hydrogen) atoms. The maximum absolute atomic E-state index is 13.4. The van der Waals surface area contributed by atoms with Crippen LogP contribution in [-0.4, -0.2) is 86.1 Å². The molecule has 0 atom stereocenters. The normalized spacial score (nSPS) is 20.0. The van der Waals surface area contributed by atoms with Gasteiger partial charge in [-0.25, -0.2) is 0 Å². The van der Waals surface area contributed by atoms with E-state index in [-0.39, 0.29) is 31.1 Å². The summed E-state index contributed by atoms with van der Waals surface area (Å²) in [7, 11) is 0. The van der Waals surface area contributed by atoms with Gasteiger partial charge in [-0.2, -0.15) is 5.10 Å². The van der Waals surface area contributed by atoms with Gasteiger partial charge in [-0.05, 0) is 50.7 Å². The second kappa shape index (κ2) is 11.0. The number of para-hydroxylation sites is 1. The number of aliphatic hydroxyl groups excluding tert-OH is 1. The molecule has 200 valence electrons. The summed E-state index contributed by atoms with van der Waals surface area (Å²) in [5.74, 6) is 0.517. The van der Waals surface area contributed by atoms with Crippen LogP contribution in [0.5, 0.6) is 5.75 Å². The summed E-state index contributed by atoms with van der Waals surface area (Å²) >= 11 is 6.22. The zero-order valence-corrected chi connectivity index (χ0v) is 21.8. The van der Waals surface area contributed by atoms with Gasteiger partial charge < -0.3 is 24.7 Å². The van der Waals surface area contributed by atoms with Crippen LogP contribution in [0, 0.1) is 0 Å². The SMILES string of the molecule is O=C(Cn1nc(C(=O)N2CCC(O)(CO)CC2)c2c1CCCC2)N1CCC(Oc2ccccc2Cl)CC1. The van der Waals surface area contributed by atoms with Crippen molar-refractivity contribution in [2.45, 2.75) is 69.6 Å². The Balaban J connectivity index is 1.22. The maximum atomic E-state index is 13.4. The van der Waals surface area contributed by atoms with Crippen LogP contribution >= 0.6 is 11.6 Å². The van der Waals surface area contributed by atoms with Crippen molar-refractivity contribution in [1.29, 1.82) is 0 Å². The predicted octanol–water partition coefficient (Wildman–Crippen LogP) is 2.44. The minimum absolute atomic E-state index is 0.00273. The molecule has 2 amide bonds. The molecule has 1 aromatic heterocycles. The number of carbonyl (C=O) groups is 2. The number of ether oxygens (including phenoxy) is 1. The lowest BCUT2D eigenvalue weighted by atomic mass is 9.91. The summed E-state index contributed by atoms with van der Waals surface area (Å²) < 4.78 is 7.80. The molecule has 5 rings (SSSR count). The number of aromatic nitrogens is 2. The van der Waals surface area contributed by atoms with Crippen LogP contribution in [0.2, 0.25) is 5.02 Å². The summed E-state index contributed by atoms with van der Waals surface area (Å²) in [5, 5.41) is 25.0. The van der Waals surface area contributed by atoms with Crippen molar-refractivity contribution in [3.63, 3.8) is 0 Å². The number of fused-ring (bicyclic) bond motifs is 1. The van der Waals surface area contributed by atoms with Crippen LogP contribution in [0.1, 0.15) is 60.3 Å². The Labute approximate surface area is 221 Å². The fourth-order valence-electron chi connectivity index (χ4n) is 5.58. The summed E-state index contributed by atoms with van der Waals surface area (Å²) in [6.45, 7) is 1.78. The summed E-state index contributed by atoms with van der Waals surface area (Å²) in [6, 6.07) is 7.42. The molecule has 1 aromatic carbocycles. The van der Waals surface area contributed by atoms with Gasteiger partial charge in [0.2, 0.25) is 5.91 Å². The van der Waals surface area contributed by atoms with Gasteiger partial charge in [0.25, 0.3) is 5.91 Å². The summed E-state index contributed by atoms with van der Waals surface area (Å²) in [5.41, 5.74) is 1.26. The van der Waals surface area contributed by atoms with Crippen molar-refractivity contribution < 1.29 is 24.5 Å². The Morgan fingerprint density at radius 3 is 2.46 bits per heavy atom. The van der Waals surface area contributed by atoms with E-state index in [4.69, 9.17) is 16.3 Å². The van der Waals surface area contributed by atoms with Gasteiger partial charge >= 0.3 is 0 Å². The van der Waals surface area contributed by atoms with Gasteiger partial charge in [-0.1, -0.05) is 23.7 Å². The number of rotatable bonds is 6. The van der Waals surface area contributed by atoms with Gasteiger partial charge in [0, 0.05) is 50.3 Å². The van der Waals surface area contributed by atoms with Crippen molar-refractivity contribution in [3.8, 4) is 5.75 Å². The van der Waals surface area contributed by atoms with Gasteiger partial charge in [0.05, 0.1) is 17.2 Å². The smallest absolute Gasteiger partial charge is 0.274 e. The van der Waals surface area contributed by atoms with Crippen LogP contribution in [0.15, 0.2) is 24.3 Å². The third-order valence-electron chi connectivity index (χ3n) is 7.95. The largest absolute Gasteiger partial charge is 0.489 e. The second-order valence-corrected chi connectivity index (χ2v) is 10.8. The first-order valence-electron chi connectivity index (χ1n) is 13.3. The summed E-state index contributed by atoms with van der Waals surface area (Å²) in [6.07, 6.45) is 5.75. The highest BCUT2D eigenvalue weighted by Crippen LogP contribution is 2.29. The van der Waals surface area contributed by atoms with Gasteiger partial charge in [0.15, 0.2) is 5.69 Å². The fraction of sp³-hybridized carbons (Fsp3) is 0.593. The van der Waals surface area contributed by atoms with E-state index >= 15 is 0 Å². The molecule has 2 fully saturated rings. The topological polar surface area (TPSA) is 108 Å². The molecule has 2 aliphatic heterocycles. The second-order valence-electron chi connectivity index (χ2n) is 10.4. The number of halogens is 1. The molecule has 0 spiro atoms. The molecular formula is C27H35ClN4O5. The number of piperidine rings is 2. The van der Waals surface area contributed by atoms with E-state index in [1.54, 1.807) is 15.6 Å². The van der Waals surface area contributed by atoms with Crippen LogP contribution in [-0.2, 0) is 24.2 Å². The lowest BCUT2D eigenvalue weighted by molar-refractivity contribution is -0.133. The zero-order chi connectivity index (χ0) is 26.0. The molecule has 10 heteroatoms. The summed E-state index contributed by atoms with van der Waals surface area (Å²) in [4.78, 5) is 30.1. The molecule has 9 nitrogen and oxygen atoms in total. The average molecular weight is 531 g/mol. The number of carbonyl (C=O) groups excluding carboxylic acids is 2. The number of nitrogens with zero attached hydrogens (tertiary/aromatic N) is 4. The molecule has 0 saturated carbocycles. The molecule has 3 aliphatic rings. The Bertz CT molecular complexity index is 1140. The molecule has 3 heterocycles. The van der Waals surface area contributed by atoms with Crippen molar-refractivity contribution in [3.05, 3.63) is 46.2 Å². The number of amides is 2. The Morgan fingerprint density at radius 1 is 1.05 bits per heavy atom. The zero-order valence-electron chi connectivity index (χ0n) is 21.1. The Kier molecular flexibility index (Phi) is 7.74. The maximum Gasteiger partial charge on any atom is 0.274 e. The quantitative estimate of drug-likeness (QED) is 0.594. The molecule has 1 aliphatic carbocycles. The highest BCUT2D eigenvalue weighted by molar-refractivity contribution is 6.32. The molecule has 0 radical (unpaired) electrons. The highest BCUT2D eigenvalue weighted by Gasteiger charge is 2.36. The lowest BCUT2D eigenvalue weighted by Crippen LogP contribution is -2.48. The van der Waals surface area contributed by atoms with Crippen LogP contribution in [0.3, 0.4) is 0 Å². The monoisotopic (exact) mass is 530 g/mol. The first-order valence-corrected chi connectivity index (χ1v) is 13.6. The van der Waals surface area contributed by atoms with Gasteiger partial charge in [0.1, 0.15) is 18.4 Å². The molecule has 0 bridgehead atoms. The van der Waals surface area contributed by atoms with Crippen LogP contribution in [0.25, 0.3) is 0 Å². The van der Waals surface area contributed by atoms with E-state index in [9.17, 15) is 19.8 Å². The van der Waals surface area contributed by atoms with Crippen LogP contribution in [0.4, 0.5) is 0 Å². The fourth-order valence-corrected chi connectivity index (χ4v) is 5.76. The highest BCUT2D eigenvalue weighted by atomic mass is 35.5. The van der Waals surface area contributed by atoms with Crippen molar-refractivity contribution >= 4 is 23.4 Å². The van der Waals surface area contributed by atoms with E-state index in [1.807, 2.05) is 23.1 Å². The number of likely N-dealkylation sites (tertiary alicyclic amines) is 2. The van der Waals surface area contributed by atoms with Crippen molar-refractivity contribution in [2.24, 2.45) is 0 Å². The van der Waals surface area contributed by atoms with Crippen molar-refractivity contribution in [1.82, 2.24) is 19.6 Å². The van der Waals surface area contributed by atoms with Gasteiger partial charge in [-0.15, -0.1) is 0 Å². The molecule has 2 saturated heterocycles. The average Bonchev–Trinajstić information content (AvgIpc) is 3.28. The first-order chi connectivity index (χ1) is 17.9. The molecule has 2 aromatic rings. The number of aliphatic hydroxyl groups is 2. The van der Waals surface area contributed by atoms with E-state index in [0.29, 0.717) is 55.5 Å². The standard InChI is InChI=1S/C27H35ClN4O5/c28-21-6-2-4-8-23(21)37-19-9-13-30(14-10-19)24(34)17-32-22-7-3-1-5-20(22)25(29-32)26(35)31-15-11-27(36,18-33)12-16-31/h2,4,6,8,19,33,36H,1,3,5,7,9-18H2.